The molecule has 7 nitrogen and oxygen atoms in total. The molecule has 3 aromatic rings. The lowest BCUT2D eigenvalue weighted by Crippen LogP contribution is -2.44. The fourth-order valence-electron chi connectivity index (χ4n) is 3.63. The summed E-state index contributed by atoms with van der Waals surface area (Å²) in [5.41, 5.74) is 1.98. The molecule has 9 heteroatoms. The zero-order valence-electron chi connectivity index (χ0n) is 16.9. The highest BCUT2D eigenvalue weighted by Crippen LogP contribution is 2.24. The highest BCUT2D eigenvalue weighted by Gasteiger charge is 2.21. The van der Waals surface area contributed by atoms with Gasteiger partial charge in [0.1, 0.15) is 0 Å². The van der Waals surface area contributed by atoms with Crippen LogP contribution in [0.3, 0.4) is 0 Å². The maximum absolute atomic E-state index is 12.4. The molecule has 2 aromatic heterocycles. The van der Waals surface area contributed by atoms with Gasteiger partial charge in [-0.15, -0.1) is 0 Å². The highest BCUT2D eigenvalue weighted by molar-refractivity contribution is 6.42. The second-order valence-corrected chi connectivity index (χ2v) is 8.43. The monoisotopic (exact) mass is 459 g/mol. The maximum atomic E-state index is 12.4. The van der Waals surface area contributed by atoms with E-state index in [0.29, 0.717) is 34.6 Å². The average molecular weight is 460 g/mol. The molecule has 31 heavy (non-hydrogen) atoms. The first-order valence-electron chi connectivity index (χ1n) is 10.3. The van der Waals surface area contributed by atoms with Crippen molar-refractivity contribution in [1.29, 1.82) is 0 Å². The number of rotatable bonds is 7. The Morgan fingerprint density at radius 2 is 1.90 bits per heavy atom. The minimum atomic E-state index is 0.00611. The minimum Gasteiger partial charge on any atom is -0.353 e. The quantitative estimate of drug-likeness (QED) is 0.570. The molecule has 4 rings (SSSR count). The van der Waals surface area contributed by atoms with Crippen LogP contribution in [0.2, 0.25) is 10.0 Å². The smallest absolute Gasteiger partial charge is 0.227 e. The maximum Gasteiger partial charge on any atom is 0.227 e. The van der Waals surface area contributed by atoms with Crippen LogP contribution in [0.5, 0.6) is 0 Å². The number of hydrogen-bond acceptors (Lipinski definition) is 6. The van der Waals surface area contributed by atoms with Crippen molar-refractivity contribution in [3.63, 3.8) is 0 Å². The van der Waals surface area contributed by atoms with Gasteiger partial charge in [-0.2, -0.15) is 4.98 Å². The van der Waals surface area contributed by atoms with Gasteiger partial charge in [-0.1, -0.05) is 34.4 Å². The van der Waals surface area contributed by atoms with E-state index in [2.05, 4.69) is 25.3 Å². The molecule has 3 heterocycles. The van der Waals surface area contributed by atoms with Gasteiger partial charge in [0.05, 0.1) is 10.0 Å². The summed E-state index contributed by atoms with van der Waals surface area (Å²) in [5.74, 6) is 0.970. The number of hydrogen-bond donors (Lipinski definition) is 1. The Balaban J connectivity index is 1.19. The Hall–Kier alpha value is -2.48. The van der Waals surface area contributed by atoms with Crippen LogP contribution in [-0.2, 0) is 17.8 Å². The summed E-state index contributed by atoms with van der Waals surface area (Å²) in [4.78, 5) is 23.0. The molecule has 1 fully saturated rings. The first-order chi connectivity index (χ1) is 15.1. The molecular formula is C22H23Cl2N5O2. The van der Waals surface area contributed by atoms with Crippen LogP contribution in [-0.4, -0.2) is 45.1 Å². The molecule has 1 aliphatic rings. The van der Waals surface area contributed by atoms with Gasteiger partial charge in [0.25, 0.3) is 0 Å². The van der Waals surface area contributed by atoms with E-state index in [1.807, 2.05) is 30.3 Å². The van der Waals surface area contributed by atoms with Gasteiger partial charge in [-0.3, -0.25) is 14.7 Å². The number of aromatic nitrogens is 3. The van der Waals surface area contributed by atoms with Crippen LogP contribution in [0.1, 0.15) is 30.7 Å². The van der Waals surface area contributed by atoms with Crippen molar-refractivity contribution >= 4 is 29.1 Å². The molecule has 162 valence electrons. The number of amides is 1. The molecule has 0 atom stereocenters. The van der Waals surface area contributed by atoms with Gasteiger partial charge in [-0.05, 0) is 42.7 Å². The summed E-state index contributed by atoms with van der Waals surface area (Å²) < 4.78 is 5.26. The lowest BCUT2D eigenvalue weighted by molar-refractivity contribution is -0.122. The Labute approximate surface area is 190 Å². The van der Waals surface area contributed by atoms with Crippen LogP contribution in [0.4, 0.5) is 0 Å². The Bertz CT molecular complexity index is 1020. The van der Waals surface area contributed by atoms with E-state index >= 15 is 0 Å². The van der Waals surface area contributed by atoms with Crippen LogP contribution in [0, 0.1) is 0 Å². The van der Waals surface area contributed by atoms with E-state index in [0.717, 1.165) is 43.6 Å². The van der Waals surface area contributed by atoms with Gasteiger partial charge in [-0.25, -0.2) is 0 Å². The summed E-state index contributed by atoms with van der Waals surface area (Å²) in [6.45, 7) is 2.67. The first kappa shape index (κ1) is 21.7. The normalized spacial score (nSPS) is 15.2. The number of carbonyl (C=O) groups is 1. The van der Waals surface area contributed by atoms with E-state index < -0.39 is 0 Å². The lowest BCUT2D eigenvalue weighted by atomic mass is 10.0. The number of halogens is 2. The molecule has 0 radical (unpaired) electrons. The second-order valence-electron chi connectivity index (χ2n) is 7.61. The topological polar surface area (TPSA) is 84.1 Å². The molecule has 0 bridgehead atoms. The van der Waals surface area contributed by atoms with Crippen LogP contribution in [0.15, 0.2) is 47.2 Å². The average Bonchev–Trinajstić information content (AvgIpc) is 3.26. The molecule has 1 saturated heterocycles. The predicted molar refractivity (Wildman–Crippen MR) is 119 cm³/mol. The number of carbonyl (C=O) groups excluding carboxylic acids is 1. The second kappa shape index (κ2) is 10.2. The zero-order valence-corrected chi connectivity index (χ0v) is 18.4. The van der Waals surface area contributed by atoms with Crippen molar-refractivity contribution in [3.8, 4) is 11.4 Å². The lowest BCUT2D eigenvalue weighted by Gasteiger charge is -2.32. The molecule has 1 aliphatic heterocycles. The molecule has 0 saturated carbocycles. The summed E-state index contributed by atoms with van der Waals surface area (Å²) in [5, 5.41) is 8.24. The number of nitrogens with zero attached hydrogens (tertiary/aromatic N) is 4. The van der Waals surface area contributed by atoms with Gasteiger partial charge in [0, 0.05) is 56.5 Å². The van der Waals surface area contributed by atoms with E-state index in [1.165, 1.54) is 0 Å². The zero-order chi connectivity index (χ0) is 21.6. The summed E-state index contributed by atoms with van der Waals surface area (Å²) in [6, 6.07) is 9.56. The highest BCUT2D eigenvalue weighted by atomic mass is 35.5. The van der Waals surface area contributed by atoms with Crippen molar-refractivity contribution in [2.75, 3.05) is 13.1 Å². The fourth-order valence-corrected chi connectivity index (χ4v) is 3.95. The van der Waals surface area contributed by atoms with E-state index in [9.17, 15) is 4.79 Å². The number of pyridine rings is 1. The van der Waals surface area contributed by atoms with Crippen LogP contribution >= 0.6 is 23.2 Å². The van der Waals surface area contributed by atoms with Crippen LogP contribution in [0.25, 0.3) is 11.4 Å². The van der Waals surface area contributed by atoms with Crippen molar-refractivity contribution < 1.29 is 9.32 Å². The Morgan fingerprint density at radius 3 is 2.65 bits per heavy atom. The number of aryl methyl sites for hydroxylation is 1. The van der Waals surface area contributed by atoms with E-state index in [-0.39, 0.29) is 11.9 Å². The minimum absolute atomic E-state index is 0.00611. The van der Waals surface area contributed by atoms with Crippen molar-refractivity contribution in [1.82, 2.24) is 25.3 Å². The van der Waals surface area contributed by atoms with Crippen LogP contribution < -0.4 is 5.32 Å². The standard InChI is InChI=1S/C22H23Cl2N5O2/c23-18-2-1-15(13-19(18)24)14-29-11-7-17(8-12-29)26-20(30)3-4-21-27-22(28-31-21)16-5-9-25-10-6-16/h1-2,5-6,9-10,13,17H,3-4,7-8,11-12,14H2,(H,26,30). The fraction of sp³-hybridized carbons (Fsp3) is 0.364. The molecule has 0 unspecified atom stereocenters. The number of benzene rings is 1. The predicted octanol–water partition coefficient (Wildman–Crippen LogP) is 4.15. The molecule has 0 spiro atoms. The number of likely N-dealkylation sites (tertiary alicyclic amines) is 1. The Kier molecular flexibility index (Phi) is 7.17. The van der Waals surface area contributed by atoms with Gasteiger partial charge < -0.3 is 9.84 Å². The SMILES string of the molecule is O=C(CCc1nc(-c2ccncc2)no1)NC1CCN(Cc2ccc(Cl)c(Cl)c2)CC1. The van der Waals surface area contributed by atoms with E-state index in [4.69, 9.17) is 27.7 Å². The van der Waals surface area contributed by atoms with Crippen molar-refractivity contribution in [2.45, 2.75) is 38.3 Å². The number of nitrogens with one attached hydrogen (secondary N) is 1. The van der Waals surface area contributed by atoms with Gasteiger partial charge >= 0.3 is 0 Å². The van der Waals surface area contributed by atoms with Crippen molar-refractivity contribution in [3.05, 3.63) is 64.2 Å². The molecule has 0 aliphatic carbocycles. The number of piperidine rings is 1. The summed E-state index contributed by atoms with van der Waals surface area (Å²) in [7, 11) is 0. The molecule has 1 N–H and O–H groups in total. The molecule has 1 amide bonds. The third-order valence-electron chi connectivity index (χ3n) is 5.32. The molecule has 1 aromatic carbocycles. The van der Waals surface area contributed by atoms with E-state index in [1.54, 1.807) is 12.4 Å². The summed E-state index contributed by atoms with van der Waals surface area (Å²) in [6.07, 6.45) is 5.92. The Morgan fingerprint density at radius 1 is 1.13 bits per heavy atom. The third-order valence-corrected chi connectivity index (χ3v) is 6.05. The summed E-state index contributed by atoms with van der Waals surface area (Å²) >= 11 is 12.1. The largest absolute Gasteiger partial charge is 0.353 e. The van der Waals surface area contributed by atoms with Gasteiger partial charge in [0.15, 0.2) is 0 Å². The first-order valence-corrected chi connectivity index (χ1v) is 11.0. The third kappa shape index (κ3) is 6.03. The van der Waals surface area contributed by atoms with Gasteiger partial charge in [0.2, 0.25) is 17.6 Å². The van der Waals surface area contributed by atoms with Crippen molar-refractivity contribution in [2.24, 2.45) is 0 Å². The molecular weight excluding hydrogens is 437 g/mol.